The number of halogens is 1. The number of nitrogens with zero attached hydrogens (tertiary/aromatic N) is 1. The smallest absolute Gasteiger partial charge is 0.130 e. The minimum Gasteiger partial charge on any atom is -0.487 e. The molecule has 0 bridgehead atoms. The first kappa shape index (κ1) is 14.0. The van der Waals surface area contributed by atoms with Crippen molar-refractivity contribution in [1.82, 2.24) is 4.98 Å². The molecule has 4 heteroatoms. The molecule has 0 fully saturated rings. The third-order valence-electron chi connectivity index (χ3n) is 3.23. The van der Waals surface area contributed by atoms with Crippen LogP contribution in [0, 0.1) is 0 Å². The molecule has 3 aromatic rings. The lowest BCUT2D eigenvalue weighted by molar-refractivity contribution is 0.276. The number of ether oxygens (including phenoxy) is 1. The molecule has 106 valence electrons. The minimum absolute atomic E-state index is 0.0218. The summed E-state index contributed by atoms with van der Waals surface area (Å²) in [6.07, 6.45) is 0. The number of fused-ring (bicyclic) bond motifs is 1. The maximum atomic E-state index is 9.25. The van der Waals surface area contributed by atoms with Crippen molar-refractivity contribution in [2.24, 2.45) is 0 Å². The highest BCUT2D eigenvalue weighted by atomic mass is 79.9. The van der Waals surface area contributed by atoms with E-state index in [1.807, 2.05) is 54.6 Å². The third-order valence-corrected chi connectivity index (χ3v) is 4.00. The van der Waals surface area contributed by atoms with Crippen LogP contribution in [-0.4, -0.2) is 10.1 Å². The van der Waals surface area contributed by atoms with Crippen LogP contribution in [0.15, 0.2) is 59.1 Å². The average molecular weight is 344 g/mol. The van der Waals surface area contributed by atoms with Gasteiger partial charge in [0.2, 0.25) is 0 Å². The molecule has 21 heavy (non-hydrogen) atoms. The molecule has 1 N–H and O–H groups in total. The van der Waals surface area contributed by atoms with Crippen LogP contribution in [-0.2, 0) is 13.2 Å². The van der Waals surface area contributed by atoms with E-state index >= 15 is 0 Å². The Morgan fingerprint density at radius 3 is 2.76 bits per heavy atom. The summed E-state index contributed by atoms with van der Waals surface area (Å²) < 4.78 is 6.62. The van der Waals surface area contributed by atoms with Crippen LogP contribution in [0.4, 0.5) is 0 Å². The van der Waals surface area contributed by atoms with Gasteiger partial charge in [-0.1, -0.05) is 40.2 Å². The zero-order chi connectivity index (χ0) is 14.7. The Morgan fingerprint density at radius 2 is 1.90 bits per heavy atom. The first-order valence-electron chi connectivity index (χ1n) is 6.63. The molecule has 1 aromatic heterocycles. The molecule has 3 nitrogen and oxygen atoms in total. The van der Waals surface area contributed by atoms with Crippen molar-refractivity contribution in [2.45, 2.75) is 13.2 Å². The molecule has 1 heterocycles. The molecule has 3 rings (SSSR count). The fourth-order valence-corrected chi connectivity index (χ4v) is 2.48. The van der Waals surface area contributed by atoms with Crippen molar-refractivity contribution >= 4 is 26.8 Å². The van der Waals surface area contributed by atoms with E-state index in [1.165, 1.54) is 0 Å². The van der Waals surface area contributed by atoms with Gasteiger partial charge in [-0.3, -0.25) is 0 Å². The van der Waals surface area contributed by atoms with E-state index < -0.39 is 0 Å². The Balaban J connectivity index is 1.76. The van der Waals surface area contributed by atoms with Gasteiger partial charge in [-0.2, -0.15) is 0 Å². The molecule has 0 spiro atoms. The normalized spacial score (nSPS) is 10.8. The first-order valence-corrected chi connectivity index (χ1v) is 7.42. The number of aliphatic hydroxyl groups excluding tert-OH is 1. The van der Waals surface area contributed by atoms with Gasteiger partial charge in [0.25, 0.3) is 0 Å². The molecule has 0 saturated carbocycles. The lowest BCUT2D eigenvalue weighted by Crippen LogP contribution is -1.99. The molecule has 0 atom stereocenters. The molecule has 0 aliphatic rings. The number of para-hydroxylation sites is 1. The van der Waals surface area contributed by atoms with Crippen molar-refractivity contribution in [3.63, 3.8) is 0 Å². The number of benzene rings is 2. The zero-order valence-electron chi connectivity index (χ0n) is 11.3. The summed E-state index contributed by atoms with van der Waals surface area (Å²) in [5.41, 5.74) is 2.64. The van der Waals surface area contributed by atoms with E-state index in [2.05, 4.69) is 20.9 Å². The molecule has 0 aliphatic heterocycles. The van der Waals surface area contributed by atoms with Gasteiger partial charge in [0.1, 0.15) is 12.4 Å². The second-order valence-corrected chi connectivity index (χ2v) is 5.55. The van der Waals surface area contributed by atoms with Crippen molar-refractivity contribution in [1.29, 1.82) is 0 Å². The van der Waals surface area contributed by atoms with Crippen LogP contribution >= 0.6 is 15.9 Å². The van der Waals surface area contributed by atoms with Gasteiger partial charge < -0.3 is 9.84 Å². The van der Waals surface area contributed by atoms with Crippen LogP contribution in [0.2, 0.25) is 0 Å². The summed E-state index contributed by atoms with van der Waals surface area (Å²) in [6, 6.07) is 17.6. The summed E-state index contributed by atoms with van der Waals surface area (Å²) in [6.45, 7) is 0.378. The summed E-state index contributed by atoms with van der Waals surface area (Å²) in [4.78, 5) is 4.57. The largest absolute Gasteiger partial charge is 0.487 e. The van der Waals surface area contributed by atoms with E-state index in [0.29, 0.717) is 6.61 Å². The molecule has 0 aliphatic carbocycles. The average Bonchev–Trinajstić information content (AvgIpc) is 2.54. The van der Waals surface area contributed by atoms with Crippen LogP contribution in [0.5, 0.6) is 5.75 Å². The fourth-order valence-electron chi connectivity index (χ4n) is 2.11. The molecule has 2 aromatic carbocycles. The van der Waals surface area contributed by atoms with Gasteiger partial charge in [-0.25, -0.2) is 4.98 Å². The quantitative estimate of drug-likeness (QED) is 0.776. The highest BCUT2D eigenvalue weighted by molar-refractivity contribution is 9.10. The maximum absolute atomic E-state index is 9.25. The summed E-state index contributed by atoms with van der Waals surface area (Å²) in [5, 5.41) is 10.4. The first-order chi connectivity index (χ1) is 10.3. The summed E-state index contributed by atoms with van der Waals surface area (Å²) in [5.74, 6) is 0.720. The molecule has 0 radical (unpaired) electrons. The molecular weight excluding hydrogens is 330 g/mol. The minimum atomic E-state index is -0.0218. The highest BCUT2D eigenvalue weighted by Crippen LogP contribution is 2.23. The Bertz CT molecular complexity index is 774. The van der Waals surface area contributed by atoms with E-state index in [1.54, 1.807) is 0 Å². The van der Waals surface area contributed by atoms with E-state index in [0.717, 1.165) is 32.4 Å². The standard InChI is InChI=1S/C17H14BrNO2/c18-16-8-7-15(9-13(16)10-20)21-11-14-6-5-12-3-1-2-4-17(12)19-14/h1-9,20H,10-11H2. The van der Waals surface area contributed by atoms with Crippen molar-refractivity contribution < 1.29 is 9.84 Å². The topological polar surface area (TPSA) is 42.4 Å². The fraction of sp³-hybridized carbons (Fsp3) is 0.118. The predicted octanol–water partition coefficient (Wildman–Crippen LogP) is 4.07. The van der Waals surface area contributed by atoms with Crippen molar-refractivity contribution in [3.05, 3.63) is 70.3 Å². The Morgan fingerprint density at radius 1 is 1.05 bits per heavy atom. The van der Waals surface area contributed by atoms with Crippen LogP contribution in [0.25, 0.3) is 10.9 Å². The van der Waals surface area contributed by atoms with Gasteiger partial charge in [0.15, 0.2) is 0 Å². The Kier molecular flexibility index (Phi) is 4.18. The second-order valence-electron chi connectivity index (χ2n) is 4.70. The maximum Gasteiger partial charge on any atom is 0.130 e. The van der Waals surface area contributed by atoms with Crippen LogP contribution in [0.1, 0.15) is 11.3 Å². The Hall–Kier alpha value is -1.91. The lowest BCUT2D eigenvalue weighted by atomic mass is 10.2. The van der Waals surface area contributed by atoms with Gasteiger partial charge in [-0.15, -0.1) is 0 Å². The number of hydrogen-bond donors (Lipinski definition) is 1. The predicted molar refractivity (Wildman–Crippen MR) is 86.1 cm³/mol. The number of hydrogen-bond acceptors (Lipinski definition) is 3. The highest BCUT2D eigenvalue weighted by Gasteiger charge is 2.03. The molecule has 0 saturated heterocycles. The van der Waals surface area contributed by atoms with E-state index in [4.69, 9.17) is 4.74 Å². The summed E-state index contributed by atoms with van der Waals surface area (Å²) in [7, 11) is 0. The van der Waals surface area contributed by atoms with Crippen molar-refractivity contribution in [2.75, 3.05) is 0 Å². The van der Waals surface area contributed by atoms with Gasteiger partial charge in [0.05, 0.1) is 17.8 Å². The van der Waals surface area contributed by atoms with Gasteiger partial charge in [0, 0.05) is 9.86 Å². The second kappa shape index (κ2) is 6.24. The van der Waals surface area contributed by atoms with E-state index in [-0.39, 0.29) is 6.61 Å². The number of pyridine rings is 1. The summed E-state index contributed by atoms with van der Waals surface area (Å²) >= 11 is 3.39. The van der Waals surface area contributed by atoms with Gasteiger partial charge in [-0.05, 0) is 35.9 Å². The Labute approximate surface area is 131 Å². The van der Waals surface area contributed by atoms with Crippen LogP contribution < -0.4 is 4.74 Å². The number of rotatable bonds is 4. The lowest BCUT2D eigenvalue weighted by Gasteiger charge is -2.09. The van der Waals surface area contributed by atoms with Crippen LogP contribution in [0.3, 0.4) is 0 Å². The number of aromatic nitrogens is 1. The van der Waals surface area contributed by atoms with Gasteiger partial charge >= 0.3 is 0 Å². The molecule has 0 amide bonds. The molecule has 0 unspecified atom stereocenters. The number of aliphatic hydroxyl groups is 1. The van der Waals surface area contributed by atoms with Crippen molar-refractivity contribution in [3.8, 4) is 5.75 Å². The SMILES string of the molecule is OCc1cc(OCc2ccc3ccccc3n2)ccc1Br. The zero-order valence-corrected chi connectivity index (χ0v) is 12.9. The van der Waals surface area contributed by atoms with E-state index in [9.17, 15) is 5.11 Å². The third kappa shape index (κ3) is 3.23. The monoisotopic (exact) mass is 343 g/mol. The molecular formula is C17H14BrNO2.